The SMILES string of the molecule is CC.CC(C)(O)C[N+](C)(CCC(=O)O)C(C)(C)C. The average Bonchev–Trinajstić information content (AvgIpc) is 2.13. The smallest absolute Gasteiger partial charge is 0.309 e. The Bertz CT molecular complexity index is 251. The minimum atomic E-state index is -0.791. The molecule has 0 aliphatic heterocycles. The van der Waals surface area contributed by atoms with Gasteiger partial charge in [0.1, 0.15) is 12.1 Å². The van der Waals surface area contributed by atoms with Crippen molar-refractivity contribution in [3.63, 3.8) is 0 Å². The van der Waals surface area contributed by atoms with E-state index >= 15 is 0 Å². The molecule has 0 bridgehead atoms. The van der Waals surface area contributed by atoms with Crippen LogP contribution in [0.2, 0.25) is 0 Å². The first-order valence-electron chi connectivity index (χ1n) is 6.66. The van der Waals surface area contributed by atoms with Crippen LogP contribution in [0.15, 0.2) is 0 Å². The van der Waals surface area contributed by atoms with E-state index in [1.807, 2.05) is 20.9 Å². The number of hydrogen-bond donors (Lipinski definition) is 2. The monoisotopic (exact) mass is 262 g/mol. The highest BCUT2D eigenvalue weighted by molar-refractivity contribution is 5.66. The second-order valence-corrected chi connectivity index (χ2v) is 6.40. The summed E-state index contributed by atoms with van der Waals surface area (Å²) < 4.78 is 0.544. The molecule has 0 aromatic rings. The molecule has 0 saturated carbocycles. The molecule has 110 valence electrons. The predicted octanol–water partition coefficient (Wildman–Crippen LogP) is 2.50. The molecule has 0 saturated heterocycles. The Kier molecular flexibility index (Phi) is 7.78. The molecule has 0 amide bonds. The molecule has 0 spiro atoms. The molecule has 0 heterocycles. The number of quaternary nitrogens is 1. The van der Waals surface area contributed by atoms with Crippen molar-refractivity contribution in [2.75, 3.05) is 20.1 Å². The zero-order valence-corrected chi connectivity index (χ0v) is 13.4. The van der Waals surface area contributed by atoms with Gasteiger partial charge >= 0.3 is 5.97 Å². The van der Waals surface area contributed by atoms with Crippen LogP contribution in [0.5, 0.6) is 0 Å². The van der Waals surface area contributed by atoms with E-state index in [0.717, 1.165) is 0 Å². The first-order valence-corrected chi connectivity index (χ1v) is 6.66. The quantitative estimate of drug-likeness (QED) is 0.748. The van der Waals surface area contributed by atoms with E-state index in [-0.39, 0.29) is 12.0 Å². The van der Waals surface area contributed by atoms with Crippen LogP contribution in [-0.2, 0) is 4.79 Å². The highest BCUT2D eigenvalue weighted by Gasteiger charge is 2.40. The fraction of sp³-hybridized carbons (Fsp3) is 0.929. The maximum atomic E-state index is 10.7. The van der Waals surface area contributed by atoms with E-state index in [0.29, 0.717) is 17.6 Å². The van der Waals surface area contributed by atoms with Crippen molar-refractivity contribution >= 4 is 5.97 Å². The molecule has 0 radical (unpaired) electrons. The largest absolute Gasteiger partial charge is 0.481 e. The van der Waals surface area contributed by atoms with Crippen LogP contribution in [0.4, 0.5) is 0 Å². The van der Waals surface area contributed by atoms with Crippen molar-refractivity contribution in [2.24, 2.45) is 0 Å². The molecule has 1 unspecified atom stereocenters. The van der Waals surface area contributed by atoms with E-state index in [1.54, 1.807) is 13.8 Å². The summed E-state index contributed by atoms with van der Waals surface area (Å²) in [6.45, 7) is 14.8. The summed E-state index contributed by atoms with van der Waals surface area (Å²) >= 11 is 0. The van der Waals surface area contributed by atoms with E-state index in [9.17, 15) is 9.90 Å². The van der Waals surface area contributed by atoms with E-state index in [4.69, 9.17) is 5.11 Å². The molecule has 4 nitrogen and oxygen atoms in total. The number of nitrogens with zero attached hydrogens (tertiary/aromatic N) is 1. The van der Waals surface area contributed by atoms with Gasteiger partial charge in [-0.3, -0.25) is 4.79 Å². The van der Waals surface area contributed by atoms with E-state index < -0.39 is 11.6 Å². The summed E-state index contributed by atoms with van der Waals surface area (Å²) in [6, 6.07) is 0. The number of hydrogen-bond acceptors (Lipinski definition) is 2. The van der Waals surface area contributed by atoms with Crippen LogP contribution in [-0.4, -0.2) is 51.9 Å². The number of aliphatic carboxylic acids is 1. The van der Waals surface area contributed by atoms with Gasteiger partial charge in [0, 0.05) is 0 Å². The Hall–Kier alpha value is -0.610. The topological polar surface area (TPSA) is 57.5 Å². The van der Waals surface area contributed by atoms with Crippen LogP contribution in [0.1, 0.15) is 54.9 Å². The third-order valence-corrected chi connectivity index (χ3v) is 3.17. The number of carboxylic acids is 1. The van der Waals surface area contributed by atoms with Crippen LogP contribution < -0.4 is 0 Å². The zero-order valence-electron chi connectivity index (χ0n) is 13.4. The van der Waals surface area contributed by atoms with Gasteiger partial charge in [-0.2, -0.15) is 0 Å². The van der Waals surface area contributed by atoms with E-state index in [1.165, 1.54) is 0 Å². The Labute approximate surface area is 112 Å². The molecule has 0 aromatic carbocycles. The molecule has 4 heteroatoms. The van der Waals surface area contributed by atoms with Gasteiger partial charge in [0.15, 0.2) is 0 Å². The summed E-state index contributed by atoms with van der Waals surface area (Å²) in [5.74, 6) is -0.788. The van der Waals surface area contributed by atoms with Crippen LogP contribution in [0, 0.1) is 0 Å². The maximum Gasteiger partial charge on any atom is 0.309 e. The van der Waals surface area contributed by atoms with Gasteiger partial charge in [0.05, 0.1) is 25.6 Å². The lowest BCUT2D eigenvalue weighted by molar-refractivity contribution is -0.957. The molecule has 0 aromatic heterocycles. The molecular formula is C14H32NO3+. The lowest BCUT2D eigenvalue weighted by Crippen LogP contribution is -2.62. The average molecular weight is 262 g/mol. The Balaban J connectivity index is 0. The summed E-state index contributed by atoms with van der Waals surface area (Å²) in [4.78, 5) is 10.7. The molecule has 0 aliphatic carbocycles. The molecule has 18 heavy (non-hydrogen) atoms. The van der Waals surface area contributed by atoms with Crippen molar-refractivity contribution < 1.29 is 19.5 Å². The predicted molar refractivity (Wildman–Crippen MR) is 75.6 cm³/mol. The van der Waals surface area contributed by atoms with Crippen molar-refractivity contribution in [2.45, 2.75) is 66.0 Å². The number of rotatable bonds is 5. The van der Waals surface area contributed by atoms with Crippen molar-refractivity contribution in [1.29, 1.82) is 0 Å². The summed E-state index contributed by atoms with van der Waals surface area (Å²) in [7, 11) is 2.00. The molecule has 1 atom stereocenters. The first-order chi connectivity index (χ1) is 7.87. The second kappa shape index (κ2) is 7.10. The van der Waals surface area contributed by atoms with Crippen LogP contribution in [0.3, 0.4) is 0 Å². The normalized spacial score (nSPS) is 15.4. The van der Waals surface area contributed by atoms with Gasteiger partial charge in [-0.15, -0.1) is 0 Å². The Morgan fingerprint density at radius 1 is 1.11 bits per heavy atom. The molecule has 2 N–H and O–H groups in total. The Morgan fingerprint density at radius 3 is 1.72 bits per heavy atom. The first kappa shape index (κ1) is 19.7. The highest BCUT2D eigenvalue weighted by atomic mass is 16.4. The third kappa shape index (κ3) is 7.67. The molecule has 0 aliphatic rings. The summed E-state index contributed by atoms with van der Waals surface area (Å²) in [5.41, 5.74) is -0.879. The molecule has 0 fully saturated rings. The highest BCUT2D eigenvalue weighted by Crippen LogP contribution is 2.25. The number of aliphatic hydroxyl groups is 1. The van der Waals surface area contributed by atoms with Gasteiger partial charge in [-0.25, -0.2) is 0 Å². The van der Waals surface area contributed by atoms with Crippen molar-refractivity contribution in [3.8, 4) is 0 Å². The number of carbonyl (C=O) groups is 1. The van der Waals surface area contributed by atoms with Gasteiger partial charge in [-0.05, 0) is 34.6 Å². The summed E-state index contributed by atoms with van der Waals surface area (Å²) in [5, 5.41) is 18.7. The number of carboxylic acid groups (broad SMARTS) is 1. The lowest BCUT2D eigenvalue weighted by Gasteiger charge is -2.48. The second-order valence-electron chi connectivity index (χ2n) is 6.40. The standard InChI is InChI=1S/C12H25NO3.C2H6/c1-11(2,3)13(6,8-7-10(14)15)9-12(4,5)16;1-2/h16H,7-9H2,1-6H3;1-2H3/p+1. The summed E-state index contributed by atoms with van der Waals surface area (Å²) in [6.07, 6.45) is 0.129. The lowest BCUT2D eigenvalue weighted by atomic mass is 9.97. The van der Waals surface area contributed by atoms with Gasteiger partial charge in [0.2, 0.25) is 0 Å². The molecular weight excluding hydrogens is 230 g/mol. The van der Waals surface area contributed by atoms with Crippen LogP contribution >= 0.6 is 0 Å². The van der Waals surface area contributed by atoms with Crippen LogP contribution in [0.25, 0.3) is 0 Å². The fourth-order valence-electron chi connectivity index (χ4n) is 1.85. The number of likely N-dealkylation sites (N-methyl/N-ethyl adjacent to an activating group) is 1. The van der Waals surface area contributed by atoms with Crippen molar-refractivity contribution in [3.05, 3.63) is 0 Å². The van der Waals surface area contributed by atoms with Gasteiger partial charge in [-0.1, -0.05) is 13.8 Å². The van der Waals surface area contributed by atoms with E-state index in [2.05, 4.69) is 20.8 Å². The third-order valence-electron chi connectivity index (χ3n) is 3.17. The fourth-order valence-corrected chi connectivity index (χ4v) is 1.85. The van der Waals surface area contributed by atoms with Gasteiger partial charge < -0.3 is 14.7 Å². The minimum Gasteiger partial charge on any atom is -0.481 e. The van der Waals surface area contributed by atoms with Crippen molar-refractivity contribution in [1.82, 2.24) is 0 Å². The molecule has 0 rings (SSSR count). The van der Waals surface area contributed by atoms with Gasteiger partial charge in [0.25, 0.3) is 0 Å². The maximum absolute atomic E-state index is 10.7. The zero-order chi connectivity index (χ0) is 15.2. The Morgan fingerprint density at radius 2 is 1.50 bits per heavy atom. The minimum absolute atomic E-state index is 0.0878.